The van der Waals surface area contributed by atoms with Crippen molar-refractivity contribution in [3.05, 3.63) is 35.6 Å². The normalized spacial score (nSPS) is 11.1. The van der Waals surface area contributed by atoms with Crippen LogP contribution in [0.3, 0.4) is 0 Å². The lowest BCUT2D eigenvalue weighted by atomic mass is 9.83. The number of aliphatic carboxylic acids is 2. The fourth-order valence-electron chi connectivity index (χ4n) is 1.12. The molecule has 0 aliphatic rings. The molecule has 80 valence electrons. The van der Waals surface area contributed by atoms with Crippen molar-refractivity contribution in [3.63, 3.8) is 0 Å². The lowest BCUT2D eigenvalue weighted by molar-refractivity contribution is -0.156. The van der Waals surface area contributed by atoms with Gasteiger partial charge in [-0.05, 0) is 24.6 Å². The van der Waals surface area contributed by atoms with Gasteiger partial charge in [-0.1, -0.05) is 12.1 Å². The van der Waals surface area contributed by atoms with Gasteiger partial charge >= 0.3 is 11.9 Å². The van der Waals surface area contributed by atoms with Gasteiger partial charge in [-0.3, -0.25) is 9.59 Å². The van der Waals surface area contributed by atoms with Crippen molar-refractivity contribution in [1.29, 1.82) is 0 Å². The highest BCUT2D eigenvalue weighted by molar-refractivity contribution is 6.04. The second-order valence-corrected chi connectivity index (χ2v) is 3.24. The van der Waals surface area contributed by atoms with Gasteiger partial charge in [0.05, 0.1) is 0 Å². The predicted molar refractivity (Wildman–Crippen MR) is 49.0 cm³/mol. The molecule has 4 nitrogen and oxygen atoms in total. The second-order valence-electron chi connectivity index (χ2n) is 3.24. The fourth-order valence-corrected chi connectivity index (χ4v) is 1.12. The summed E-state index contributed by atoms with van der Waals surface area (Å²) in [6, 6.07) is 4.36. The van der Waals surface area contributed by atoms with E-state index in [1.54, 1.807) is 0 Å². The van der Waals surface area contributed by atoms with Crippen LogP contribution in [0.15, 0.2) is 24.3 Å². The molecule has 0 amide bonds. The monoisotopic (exact) mass is 212 g/mol. The van der Waals surface area contributed by atoms with Crippen molar-refractivity contribution in [2.45, 2.75) is 12.3 Å². The first-order valence-electron chi connectivity index (χ1n) is 4.12. The van der Waals surface area contributed by atoms with Crippen molar-refractivity contribution < 1.29 is 24.2 Å². The van der Waals surface area contributed by atoms with E-state index in [1.165, 1.54) is 0 Å². The SMILES string of the molecule is CC(C(=O)O)(C(=O)O)c1ccc(F)cc1. The first kappa shape index (κ1) is 11.2. The molecule has 1 aromatic rings. The van der Waals surface area contributed by atoms with Crippen LogP contribution < -0.4 is 0 Å². The second kappa shape index (κ2) is 3.68. The van der Waals surface area contributed by atoms with Gasteiger partial charge in [0.15, 0.2) is 5.41 Å². The first-order chi connectivity index (χ1) is 6.89. The van der Waals surface area contributed by atoms with Crippen molar-refractivity contribution >= 4 is 11.9 Å². The van der Waals surface area contributed by atoms with E-state index < -0.39 is 23.2 Å². The molecule has 0 bridgehead atoms. The van der Waals surface area contributed by atoms with Crippen molar-refractivity contribution in [1.82, 2.24) is 0 Å². The van der Waals surface area contributed by atoms with E-state index in [2.05, 4.69) is 0 Å². The molecular weight excluding hydrogens is 203 g/mol. The van der Waals surface area contributed by atoms with E-state index in [1.807, 2.05) is 0 Å². The van der Waals surface area contributed by atoms with Gasteiger partial charge in [-0.2, -0.15) is 0 Å². The molecule has 0 radical (unpaired) electrons. The van der Waals surface area contributed by atoms with Gasteiger partial charge in [-0.25, -0.2) is 4.39 Å². The highest BCUT2D eigenvalue weighted by Gasteiger charge is 2.43. The Hall–Kier alpha value is -1.91. The molecule has 0 saturated carbocycles. The third-order valence-corrected chi connectivity index (χ3v) is 2.28. The van der Waals surface area contributed by atoms with E-state index in [9.17, 15) is 14.0 Å². The van der Waals surface area contributed by atoms with Crippen molar-refractivity contribution in [2.75, 3.05) is 0 Å². The van der Waals surface area contributed by atoms with Crippen LogP contribution in [-0.4, -0.2) is 22.2 Å². The summed E-state index contributed by atoms with van der Waals surface area (Å²) in [5, 5.41) is 17.7. The summed E-state index contributed by atoms with van der Waals surface area (Å²) in [5.74, 6) is -3.51. The smallest absolute Gasteiger partial charge is 0.325 e. The predicted octanol–water partition coefficient (Wildman–Crippen LogP) is 1.25. The maximum Gasteiger partial charge on any atom is 0.325 e. The van der Waals surface area contributed by atoms with E-state index in [4.69, 9.17) is 10.2 Å². The Labute approximate surface area is 85.0 Å². The Morgan fingerprint density at radius 1 is 1.13 bits per heavy atom. The van der Waals surface area contributed by atoms with Crippen LogP contribution in [-0.2, 0) is 15.0 Å². The average Bonchev–Trinajstić information content (AvgIpc) is 2.17. The van der Waals surface area contributed by atoms with E-state index >= 15 is 0 Å². The largest absolute Gasteiger partial charge is 0.480 e. The minimum atomic E-state index is -2.05. The van der Waals surface area contributed by atoms with E-state index in [-0.39, 0.29) is 5.56 Å². The van der Waals surface area contributed by atoms with Crippen LogP contribution >= 0.6 is 0 Å². The molecule has 5 heteroatoms. The maximum atomic E-state index is 12.6. The van der Waals surface area contributed by atoms with Gasteiger partial charge in [0.2, 0.25) is 0 Å². The minimum Gasteiger partial charge on any atom is -0.480 e. The summed E-state index contributed by atoms with van der Waals surface area (Å²) in [6.45, 7) is 1.06. The Morgan fingerprint density at radius 2 is 1.53 bits per heavy atom. The van der Waals surface area contributed by atoms with Crippen LogP contribution in [0, 0.1) is 5.82 Å². The average molecular weight is 212 g/mol. The molecule has 0 atom stereocenters. The molecule has 0 aliphatic heterocycles. The number of rotatable bonds is 3. The zero-order chi connectivity index (χ0) is 11.6. The van der Waals surface area contributed by atoms with Gasteiger partial charge in [0.25, 0.3) is 0 Å². The molecule has 0 unspecified atom stereocenters. The summed E-state index contributed by atoms with van der Waals surface area (Å²) >= 11 is 0. The van der Waals surface area contributed by atoms with Crippen molar-refractivity contribution in [3.8, 4) is 0 Å². The molecule has 1 rings (SSSR count). The van der Waals surface area contributed by atoms with Crippen LogP contribution in [0.25, 0.3) is 0 Å². The molecule has 0 aromatic heterocycles. The molecule has 0 heterocycles. The van der Waals surface area contributed by atoms with Crippen LogP contribution in [0.2, 0.25) is 0 Å². The first-order valence-corrected chi connectivity index (χ1v) is 4.12. The summed E-state index contributed by atoms with van der Waals surface area (Å²) in [4.78, 5) is 21.7. The lowest BCUT2D eigenvalue weighted by Gasteiger charge is -2.19. The molecule has 0 spiro atoms. The third kappa shape index (κ3) is 1.81. The third-order valence-electron chi connectivity index (χ3n) is 2.28. The number of carbonyl (C=O) groups is 2. The number of carboxylic acid groups (broad SMARTS) is 2. The highest BCUT2D eigenvalue weighted by Crippen LogP contribution is 2.24. The fraction of sp³-hybridized carbons (Fsp3) is 0.200. The molecule has 0 saturated heterocycles. The maximum absolute atomic E-state index is 12.6. The molecule has 2 N–H and O–H groups in total. The molecule has 0 aliphatic carbocycles. The minimum absolute atomic E-state index is 0.0314. The van der Waals surface area contributed by atoms with E-state index in [0.29, 0.717) is 0 Å². The topological polar surface area (TPSA) is 74.6 Å². The van der Waals surface area contributed by atoms with Gasteiger partial charge in [-0.15, -0.1) is 0 Å². The summed E-state index contributed by atoms with van der Waals surface area (Å²) in [5.41, 5.74) is -2.02. The standard InChI is InChI=1S/C10H9FO4/c1-10(8(12)13,9(14)15)6-2-4-7(11)5-3-6/h2-5H,1H3,(H,12,13)(H,14,15). The van der Waals surface area contributed by atoms with Crippen molar-refractivity contribution in [2.24, 2.45) is 0 Å². The molecule has 0 fully saturated rings. The number of hydrogen-bond donors (Lipinski definition) is 2. The molecular formula is C10H9FO4. The Balaban J connectivity index is 3.28. The van der Waals surface area contributed by atoms with Crippen LogP contribution in [0.4, 0.5) is 4.39 Å². The lowest BCUT2D eigenvalue weighted by Crippen LogP contribution is -2.40. The van der Waals surface area contributed by atoms with Crippen LogP contribution in [0.1, 0.15) is 12.5 Å². The highest BCUT2D eigenvalue weighted by atomic mass is 19.1. The van der Waals surface area contributed by atoms with E-state index in [0.717, 1.165) is 31.2 Å². The molecule has 1 aromatic carbocycles. The summed E-state index contributed by atoms with van der Waals surface area (Å²) in [6.07, 6.45) is 0. The van der Waals surface area contributed by atoms with Crippen LogP contribution in [0.5, 0.6) is 0 Å². The Morgan fingerprint density at radius 3 is 1.87 bits per heavy atom. The zero-order valence-electron chi connectivity index (χ0n) is 7.90. The quantitative estimate of drug-likeness (QED) is 0.739. The number of halogens is 1. The Bertz CT molecular complexity index is 382. The van der Waals surface area contributed by atoms with Gasteiger partial charge < -0.3 is 10.2 Å². The van der Waals surface area contributed by atoms with Gasteiger partial charge in [0.1, 0.15) is 5.82 Å². The number of hydrogen-bond acceptors (Lipinski definition) is 2. The molecule has 15 heavy (non-hydrogen) atoms. The summed E-state index contributed by atoms with van der Waals surface area (Å²) in [7, 11) is 0. The zero-order valence-corrected chi connectivity index (χ0v) is 7.90. The Kier molecular flexibility index (Phi) is 2.74. The summed E-state index contributed by atoms with van der Waals surface area (Å²) < 4.78 is 12.6. The van der Waals surface area contributed by atoms with Gasteiger partial charge in [0, 0.05) is 0 Å². The number of benzene rings is 1. The number of carboxylic acids is 2.